The van der Waals surface area contributed by atoms with Crippen LogP contribution in [0.3, 0.4) is 0 Å². The maximum Gasteiger partial charge on any atom is 0.398 e. The van der Waals surface area contributed by atoms with Gasteiger partial charge in [0, 0.05) is 44.1 Å². The molecule has 1 aromatic carbocycles. The maximum absolute atomic E-state index is 14.3. The molecule has 244 valence electrons. The molecule has 6 rings (SSSR count). The first kappa shape index (κ1) is 31.9. The summed E-state index contributed by atoms with van der Waals surface area (Å²) in [6.07, 6.45) is -2.32. The van der Waals surface area contributed by atoms with Gasteiger partial charge in [0.05, 0.1) is 27.6 Å². The van der Waals surface area contributed by atoms with E-state index >= 15 is 0 Å². The predicted molar refractivity (Wildman–Crippen MR) is 162 cm³/mol. The van der Waals surface area contributed by atoms with Gasteiger partial charge in [-0.25, -0.2) is 0 Å². The molecule has 0 spiro atoms. The molecule has 1 saturated carbocycles. The Balaban J connectivity index is 1.34. The van der Waals surface area contributed by atoms with Gasteiger partial charge in [-0.3, -0.25) is 14.4 Å². The number of likely N-dealkylation sites (tertiary alicyclic amines) is 1. The van der Waals surface area contributed by atoms with Crippen LogP contribution >= 0.6 is 11.6 Å². The molecular formula is C33H40ClF3N4O4. The second kappa shape index (κ2) is 11.3. The van der Waals surface area contributed by atoms with Gasteiger partial charge in [-0.2, -0.15) is 17.9 Å². The van der Waals surface area contributed by atoms with E-state index in [9.17, 15) is 27.6 Å². The lowest BCUT2D eigenvalue weighted by molar-refractivity contribution is -0.161. The number of piperidine rings is 1. The third kappa shape index (κ3) is 5.85. The molecule has 3 fully saturated rings. The summed E-state index contributed by atoms with van der Waals surface area (Å²) in [5.74, 6) is -0.517. The normalized spacial score (nSPS) is 22.1. The zero-order chi connectivity index (χ0) is 32.5. The number of carbonyl (C=O) groups excluding carboxylic acids is 3. The zero-order valence-corrected chi connectivity index (χ0v) is 26.9. The minimum atomic E-state index is -4.54. The van der Waals surface area contributed by atoms with Crippen LogP contribution in [0.15, 0.2) is 18.2 Å². The molecule has 8 nitrogen and oxygen atoms in total. The molecule has 1 aromatic heterocycles. The third-order valence-electron chi connectivity index (χ3n) is 9.74. The highest BCUT2D eigenvalue weighted by Crippen LogP contribution is 2.60. The summed E-state index contributed by atoms with van der Waals surface area (Å²) in [5.41, 5.74) is -1.66. The molecule has 45 heavy (non-hydrogen) atoms. The second-order valence-electron chi connectivity index (χ2n) is 14.3. The highest BCUT2D eigenvalue weighted by molar-refractivity contribution is 6.34. The predicted octanol–water partition coefficient (Wildman–Crippen LogP) is 5.96. The number of alkyl halides is 3. The lowest BCUT2D eigenvalue weighted by atomic mass is 9.84. The number of fused-ring (bicyclic) bond motifs is 1. The van der Waals surface area contributed by atoms with Crippen molar-refractivity contribution in [3.05, 3.63) is 45.6 Å². The SMILES string of the molecule is CC1CN(C(=O)C2CCc3c(N4CCC(C(=O)OC(C)(C)C)CC4)nn(C(=O)c4c(Cl)cccc4C4(C(F)(F)F)CC4)c3C2)C1. The highest BCUT2D eigenvalue weighted by atomic mass is 35.5. The maximum atomic E-state index is 14.3. The van der Waals surface area contributed by atoms with Gasteiger partial charge in [0.25, 0.3) is 5.91 Å². The number of ether oxygens (including phenoxy) is 1. The van der Waals surface area contributed by atoms with Gasteiger partial charge in [0.1, 0.15) is 5.60 Å². The lowest BCUT2D eigenvalue weighted by Crippen LogP contribution is -2.51. The van der Waals surface area contributed by atoms with Crippen LogP contribution in [-0.4, -0.2) is 70.4 Å². The molecule has 3 heterocycles. The van der Waals surface area contributed by atoms with Crippen LogP contribution in [0, 0.1) is 17.8 Å². The average molecular weight is 649 g/mol. The van der Waals surface area contributed by atoms with E-state index in [1.807, 2.05) is 30.6 Å². The number of carbonyl (C=O) groups is 3. The standard InChI is InChI=1S/C33H40ClF3N4O4/c1-19-17-40(18-19)28(42)21-8-9-22-25(16-21)41(38-27(22)39-14-10-20(11-15-39)30(44)45-31(2,3)4)29(43)26-23(6-5-7-24(26)34)32(12-13-32)33(35,36)37/h5-7,19-21H,8-18H2,1-4H3. The second-order valence-corrected chi connectivity index (χ2v) is 14.7. The van der Waals surface area contributed by atoms with Gasteiger partial charge in [0.15, 0.2) is 5.82 Å². The molecule has 2 aliphatic carbocycles. The Labute approximate surface area is 266 Å². The fraction of sp³-hybridized carbons (Fsp3) is 0.636. The van der Waals surface area contributed by atoms with Crippen molar-refractivity contribution >= 4 is 35.2 Å². The van der Waals surface area contributed by atoms with E-state index in [1.165, 1.54) is 22.9 Å². The van der Waals surface area contributed by atoms with Crippen LogP contribution in [0.5, 0.6) is 0 Å². The van der Waals surface area contributed by atoms with Crippen molar-refractivity contribution in [1.82, 2.24) is 14.7 Å². The lowest BCUT2D eigenvalue weighted by Gasteiger charge is -2.40. The van der Waals surface area contributed by atoms with Crippen LogP contribution in [-0.2, 0) is 32.6 Å². The van der Waals surface area contributed by atoms with E-state index in [0.717, 1.165) is 5.56 Å². The van der Waals surface area contributed by atoms with Crippen molar-refractivity contribution < 1.29 is 32.3 Å². The number of rotatable bonds is 5. The third-order valence-corrected chi connectivity index (χ3v) is 10.1. The number of amides is 1. The van der Waals surface area contributed by atoms with Gasteiger partial charge in [-0.1, -0.05) is 30.7 Å². The molecule has 2 saturated heterocycles. The Bertz CT molecular complexity index is 1510. The topological polar surface area (TPSA) is 84.7 Å². The number of nitrogens with zero attached hydrogens (tertiary/aromatic N) is 4. The molecule has 1 amide bonds. The van der Waals surface area contributed by atoms with Crippen LogP contribution < -0.4 is 4.90 Å². The molecule has 1 atom stereocenters. The van der Waals surface area contributed by atoms with E-state index in [4.69, 9.17) is 21.4 Å². The van der Waals surface area contributed by atoms with Crippen molar-refractivity contribution in [2.24, 2.45) is 17.8 Å². The zero-order valence-electron chi connectivity index (χ0n) is 26.2. The Hall–Kier alpha value is -3.08. The molecular weight excluding hydrogens is 609 g/mol. The van der Waals surface area contributed by atoms with Crippen molar-refractivity contribution in [1.29, 1.82) is 0 Å². The number of hydrogen-bond acceptors (Lipinski definition) is 6. The molecule has 12 heteroatoms. The monoisotopic (exact) mass is 648 g/mol. The van der Waals surface area contributed by atoms with Crippen molar-refractivity contribution in [2.45, 2.75) is 89.8 Å². The number of benzene rings is 1. The molecule has 0 bridgehead atoms. The summed E-state index contributed by atoms with van der Waals surface area (Å²) >= 11 is 6.50. The molecule has 2 aromatic rings. The van der Waals surface area contributed by atoms with Crippen LogP contribution in [0.2, 0.25) is 5.02 Å². The minimum absolute atomic E-state index is 0.0334. The summed E-state index contributed by atoms with van der Waals surface area (Å²) in [6.45, 7) is 9.99. The summed E-state index contributed by atoms with van der Waals surface area (Å²) in [6, 6.07) is 4.22. The number of halogens is 4. The Kier molecular flexibility index (Phi) is 8.02. The van der Waals surface area contributed by atoms with E-state index in [-0.39, 0.29) is 59.1 Å². The first-order valence-electron chi connectivity index (χ1n) is 15.9. The first-order valence-corrected chi connectivity index (χ1v) is 16.2. The van der Waals surface area contributed by atoms with Crippen molar-refractivity contribution in [3.63, 3.8) is 0 Å². The highest BCUT2D eigenvalue weighted by Gasteiger charge is 2.65. The molecule has 1 unspecified atom stereocenters. The average Bonchev–Trinajstić information content (AvgIpc) is 3.70. The summed E-state index contributed by atoms with van der Waals surface area (Å²) in [4.78, 5) is 44.3. The van der Waals surface area contributed by atoms with Gasteiger partial charge in [-0.15, -0.1) is 5.10 Å². The first-order chi connectivity index (χ1) is 21.1. The van der Waals surface area contributed by atoms with Crippen LogP contribution in [0.25, 0.3) is 0 Å². The Morgan fingerprint density at radius 2 is 1.69 bits per heavy atom. The van der Waals surface area contributed by atoms with Gasteiger partial charge >= 0.3 is 12.1 Å². The largest absolute Gasteiger partial charge is 0.460 e. The Morgan fingerprint density at radius 1 is 1.02 bits per heavy atom. The number of anilines is 1. The summed E-state index contributed by atoms with van der Waals surface area (Å²) in [7, 11) is 0. The van der Waals surface area contributed by atoms with E-state index < -0.39 is 23.1 Å². The van der Waals surface area contributed by atoms with E-state index in [0.29, 0.717) is 69.3 Å². The van der Waals surface area contributed by atoms with Gasteiger partial charge in [0.2, 0.25) is 5.91 Å². The fourth-order valence-electron chi connectivity index (χ4n) is 7.15. The molecule has 4 aliphatic rings. The number of esters is 1. The minimum Gasteiger partial charge on any atom is -0.460 e. The van der Waals surface area contributed by atoms with Crippen molar-refractivity contribution in [2.75, 3.05) is 31.1 Å². The fourth-order valence-corrected chi connectivity index (χ4v) is 7.41. The van der Waals surface area contributed by atoms with E-state index in [1.54, 1.807) is 0 Å². The summed E-state index contributed by atoms with van der Waals surface area (Å²) < 4.78 is 49.7. The Morgan fingerprint density at radius 3 is 2.27 bits per heavy atom. The molecule has 2 aliphatic heterocycles. The van der Waals surface area contributed by atoms with Gasteiger partial charge in [-0.05, 0) is 76.8 Å². The quantitative estimate of drug-likeness (QED) is 0.372. The smallest absolute Gasteiger partial charge is 0.398 e. The van der Waals surface area contributed by atoms with Crippen LogP contribution in [0.1, 0.15) is 87.0 Å². The van der Waals surface area contributed by atoms with E-state index in [2.05, 4.69) is 6.92 Å². The van der Waals surface area contributed by atoms with Crippen LogP contribution in [0.4, 0.5) is 19.0 Å². The number of hydrogen-bond donors (Lipinski definition) is 0. The summed E-state index contributed by atoms with van der Waals surface area (Å²) in [5, 5.41) is 4.70. The number of aromatic nitrogens is 2. The van der Waals surface area contributed by atoms with Gasteiger partial charge < -0.3 is 14.5 Å². The molecule has 0 radical (unpaired) electrons. The van der Waals surface area contributed by atoms with Crippen molar-refractivity contribution in [3.8, 4) is 0 Å². The molecule has 0 N–H and O–H groups in total.